The first kappa shape index (κ1) is 8.42. The Morgan fingerprint density at radius 3 is 2.60 bits per heavy atom. The lowest BCUT2D eigenvalue weighted by Gasteiger charge is -1.97. The number of pyridine rings is 2. The van der Waals surface area contributed by atoms with Crippen molar-refractivity contribution >= 4 is 16.3 Å². The first-order valence-electron chi connectivity index (χ1n) is 5.13. The van der Waals surface area contributed by atoms with Crippen molar-refractivity contribution in [3.05, 3.63) is 60.4 Å². The molecule has 0 amide bonds. The van der Waals surface area contributed by atoms with Crippen LogP contribution in [0.4, 0.5) is 0 Å². The molecule has 0 aliphatic carbocycles. The van der Waals surface area contributed by atoms with Crippen molar-refractivity contribution < 1.29 is 4.40 Å². The van der Waals surface area contributed by atoms with E-state index in [9.17, 15) is 0 Å². The van der Waals surface area contributed by atoms with E-state index in [1.54, 1.807) is 0 Å². The fourth-order valence-electron chi connectivity index (χ4n) is 1.94. The SMILES string of the molecule is Cc1cc[n+]2cc3ccccc3cc2c1. The van der Waals surface area contributed by atoms with Gasteiger partial charge in [0.05, 0.1) is 0 Å². The lowest BCUT2D eigenvalue weighted by Crippen LogP contribution is -2.20. The molecule has 0 radical (unpaired) electrons. The monoisotopic (exact) mass is 194 g/mol. The molecule has 0 aliphatic rings. The van der Waals surface area contributed by atoms with E-state index in [1.807, 2.05) is 0 Å². The Hall–Kier alpha value is -1.89. The highest BCUT2D eigenvalue weighted by atomic mass is 14.8. The summed E-state index contributed by atoms with van der Waals surface area (Å²) in [6, 6.07) is 15.0. The van der Waals surface area contributed by atoms with E-state index >= 15 is 0 Å². The van der Waals surface area contributed by atoms with Crippen molar-refractivity contribution in [3.8, 4) is 0 Å². The summed E-state index contributed by atoms with van der Waals surface area (Å²) in [5.41, 5.74) is 2.54. The first-order chi connectivity index (χ1) is 7.33. The summed E-state index contributed by atoms with van der Waals surface area (Å²) in [6.07, 6.45) is 4.28. The van der Waals surface area contributed by atoms with Gasteiger partial charge in [-0.2, -0.15) is 4.40 Å². The van der Waals surface area contributed by atoms with Crippen molar-refractivity contribution in [2.75, 3.05) is 0 Å². The van der Waals surface area contributed by atoms with Crippen LogP contribution in [0.15, 0.2) is 54.9 Å². The van der Waals surface area contributed by atoms with E-state index in [0.29, 0.717) is 0 Å². The van der Waals surface area contributed by atoms with Gasteiger partial charge >= 0.3 is 0 Å². The second-order valence-electron chi connectivity index (χ2n) is 3.94. The zero-order valence-corrected chi connectivity index (χ0v) is 8.64. The first-order valence-corrected chi connectivity index (χ1v) is 5.13. The molecule has 3 rings (SSSR count). The Morgan fingerprint density at radius 2 is 1.73 bits per heavy atom. The van der Waals surface area contributed by atoms with Crippen molar-refractivity contribution in [2.24, 2.45) is 0 Å². The van der Waals surface area contributed by atoms with Gasteiger partial charge in [-0.3, -0.25) is 0 Å². The van der Waals surface area contributed by atoms with Crippen molar-refractivity contribution in [2.45, 2.75) is 6.92 Å². The summed E-state index contributed by atoms with van der Waals surface area (Å²) in [5.74, 6) is 0. The molecular weight excluding hydrogens is 182 g/mol. The van der Waals surface area contributed by atoms with E-state index in [2.05, 4.69) is 66.2 Å². The third kappa shape index (κ3) is 1.37. The second-order valence-corrected chi connectivity index (χ2v) is 3.94. The summed E-state index contributed by atoms with van der Waals surface area (Å²) >= 11 is 0. The van der Waals surface area contributed by atoms with Gasteiger partial charge in [-0.25, -0.2) is 0 Å². The summed E-state index contributed by atoms with van der Waals surface area (Å²) in [6.45, 7) is 2.12. The number of aromatic nitrogens is 1. The maximum absolute atomic E-state index is 2.22. The van der Waals surface area contributed by atoms with Gasteiger partial charge in [0, 0.05) is 23.6 Å². The summed E-state index contributed by atoms with van der Waals surface area (Å²) < 4.78 is 2.16. The Balaban J connectivity index is 2.47. The minimum atomic E-state index is 1.24. The average molecular weight is 194 g/mol. The van der Waals surface area contributed by atoms with Gasteiger partial charge in [0.1, 0.15) is 0 Å². The Kier molecular flexibility index (Phi) is 1.72. The number of hydrogen-bond donors (Lipinski definition) is 0. The van der Waals surface area contributed by atoms with E-state index in [0.717, 1.165) is 0 Å². The van der Waals surface area contributed by atoms with Crippen molar-refractivity contribution in [3.63, 3.8) is 0 Å². The average Bonchev–Trinajstić information content (AvgIpc) is 2.26. The zero-order chi connectivity index (χ0) is 10.3. The molecule has 0 unspecified atom stereocenters. The predicted molar refractivity (Wildman–Crippen MR) is 61.8 cm³/mol. The van der Waals surface area contributed by atoms with Crippen molar-refractivity contribution in [1.29, 1.82) is 0 Å². The fourth-order valence-corrected chi connectivity index (χ4v) is 1.94. The lowest BCUT2D eigenvalue weighted by atomic mass is 10.1. The number of aryl methyl sites for hydroxylation is 1. The molecule has 2 heterocycles. The number of fused-ring (bicyclic) bond motifs is 2. The van der Waals surface area contributed by atoms with Crippen LogP contribution in [0, 0.1) is 6.92 Å². The molecule has 72 valence electrons. The Labute approximate surface area is 88.6 Å². The summed E-state index contributed by atoms with van der Waals surface area (Å²) in [5, 5.41) is 2.57. The third-order valence-corrected chi connectivity index (χ3v) is 2.75. The summed E-state index contributed by atoms with van der Waals surface area (Å²) in [7, 11) is 0. The number of rotatable bonds is 0. The van der Waals surface area contributed by atoms with Gasteiger partial charge in [0.2, 0.25) is 5.52 Å². The highest BCUT2D eigenvalue weighted by Crippen LogP contribution is 2.13. The molecule has 0 fully saturated rings. The second kappa shape index (κ2) is 3.06. The quantitative estimate of drug-likeness (QED) is 0.383. The third-order valence-electron chi connectivity index (χ3n) is 2.75. The largest absolute Gasteiger partial charge is 0.211 e. The van der Waals surface area contributed by atoms with Crippen LogP contribution in [0.25, 0.3) is 16.3 Å². The van der Waals surface area contributed by atoms with Crippen LogP contribution in [0.3, 0.4) is 0 Å². The number of nitrogens with zero attached hydrogens (tertiary/aromatic N) is 1. The molecule has 15 heavy (non-hydrogen) atoms. The van der Waals surface area contributed by atoms with Crippen LogP contribution >= 0.6 is 0 Å². The fraction of sp³-hybridized carbons (Fsp3) is 0.0714. The van der Waals surface area contributed by atoms with Gasteiger partial charge in [0.25, 0.3) is 0 Å². The van der Waals surface area contributed by atoms with E-state index in [1.165, 1.54) is 21.9 Å². The molecule has 0 atom stereocenters. The van der Waals surface area contributed by atoms with Crippen LogP contribution in [-0.2, 0) is 0 Å². The standard InChI is InChI=1S/C14H12N/c1-11-6-7-15-10-13-5-3-2-4-12(13)9-14(15)8-11/h2-10H,1H3/q+1. The van der Waals surface area contributed by atoms with Gasteiger partial charge < -0.3 is 0 Å². The molecule has 0 saturated heterocycles. The summed E-state index contributed by atoms with van der Waals surface area (Å²) in [4.78, 5) is 0. The molecule has 0 spiro atoms. The Bertz CT molecular complexity index is 641. The topological polar surface area (TPSA) is 4.10 Å². The minimum absolute atomic E-state index is 1.24. The maximum atomic E-state index is 2.22. The molecule has 1 aromatic carbocycles. The van der Waals surface area contributed by atoms with Gasteiger partial charge in [-0.1, -0.05) is 18.2 Å². The normalized spacial score (nSPS) is 11.0. The lowest BCUT2D eigenvalue weighted by molar-refractivity contribution is -0.510. The van der Waals surface area contributed by atoms with E-state index < -0.39 is 0 Å². The van der Waals surface area contributed by atoms with Crippen LogP contribution in [0.2, 0.25) is 0 Å². The molecule has 3 aromatic rings. The zero-order valence-electron chi connectivity index (χ0n) is 8.64. The molecule has 0 aliphatic heterocycles. The highest BCUT2D eigenvalue weighted by molar-refractivity contribution is 5.83. The molecule has 0 bridgehead atoms. The number of hydrogen-bond acceptors (Lipinski definition) is 0. The van der Waals surface area contributed by atoms with Gasteiger partial charge in [0.15, 0.2) is 12.4 Å². The van der Waals surface area contributed by atoms with Crippen LogP contribution in [0.5, 0.6) is 0 Å². The van der Waals surface area contributed by atoms with Gasteiger partial charge in [-0.05, 0) is 23.9 Å². The number of benzene rings is 1. The molecule has 1 nitrogen and oxygen atoms in total. The van der Waals surface area contributed by atoms with E-state index in [-0.39, 0.29) is 0 Å². The molecule has 2 aromatic heterocycles. The molecule has 0 N–H and O–H groups in total. The van der Waals surface area contributed by atoms with Crippen LogP contribution in [0.1, 0.15) is 5.56 Å². The van der Waals surface area contributed by atoms with Crippen LogP contribution in [-0.4, -0.2) is 0 Å². The van der Waals surface area contributed by atoms with Gasteiger partial charge in [-0.15, -0.1) is 0 Å². The van der Waals surface area contributed by atoms with Crippen molar-refractivity contribution in [1.82, 2.24) is 0 Å². The minimum Gasteiger partial charge on any atom is -0.167 e. The maximum Gasteiger partial charge on any atom is 0.211 e. The highest BCUT2D eigenvalue weighted by Gasteiger charge is 2.04. The predicted octanol–water partition coefficient (Wildman–Crippen LogP) is 2.89. The van der Waals surface area contributed by atoms with Crippen LogP contribution < -0.4 is 4.40 Å². The Morgan fingerprint density at radius 1 is 0.933 bits per heavy atom. The smallest absolute Gasteiger partial charge is 0.167 e. The van der Waals surface area contributed by atoms with E-state index in [4.69, 9.17) is 0 Å². The molecule has 1 heteroatoms. The molecule has 0 saturated carbocycles. The molecular formula is C14H12N+.